The number of unbranched alkanes of at least 4 members (excludes halogenated alkanes) is 6. The number of rotatable bonds is 12. The van der Waals surface area contributed by atoms with Crippen molar-refractivity contribution >= 4 is 0 Å². The monoisotopic (exact) mass is 252 g/mol. The van der Waals surface area contributed by atoms with Crippen LogP contribution in [0.15, 0.2) is 11.1 Å². The maximum Gasteiger partial charge on any atom is -0.0318 e. The molecule has 0 aromatic heterocycles. The summed E-state index contributed by atoms with van der Waals surface area (Å²) in [4.78, 5) is 0. The van der Waals surface area contributed by atoms with Crippen LogP contribution < -0.4 is 0 Å². The summed E-state index contributed by atoms with van der Waals surface area (Å²) in [5.74, 6) is 0. The van der Waals surface area contributed by atoms with Gasteiger partial charge in [0.05, 0.1) is 0 Å². The highest BCUT2D eigenvalue weighted by molar-refractivity contribution is 5.12. The van der Waals surface area contributed by atoms with Gasteiger partial charge in [-0.3, -0.25) is 0 Å². The molecule has 0 aliphatic carbocycles. The average molecular weight is 252 g/mol. The van der Waals surface area contributed by atoms with Gasteiger partial charge in [-0.2, -0.15) is 0 Å². The lowest BCUT2D eigenvalue weighted by atomic mass is 9.94. The third-order valence-corrected chi connectivity index (χ3v) is 3.92. The quantitative estimate of drug-likeness (QED) is 0.258. The molecule has 0 radical (unpaired) electrons. The Balaban J connectivity index is 4.16. The number of allylic oxidation sites excluding steroid dienone is 2. The summed E-state index contributed by atoms with van der Waals surface area (Å²) >= 11 is 0. The van der Waals surface area contributed by atoms with Crippen molar-refractivity contribution in [1.29, 1.82) is 0 Å². The van der Waals surface area contributed by atoms with Gasteiger partial charge in [0.25, 0.3) is 0 Å². The molecule has 0 nitrogen and oxygen atoms in total. The molecule has 108 valence electrons. The maximum atomic E-state index is 2.39. The molecule has 0 aromatic carbocycles. The molecule has 0 aromatic rings. The zero-order valence-corrected chi connectivity index (χ0v) is 13.5. The van der Waals surface area contributed by atoms with Crippen LogP contribution >= 0.6 is 0 Å². The smallest absolute Gasteiger partial charge is 0.0318 e. The van der Waals surface area contributed by atoms with Gasteiger partial charge in [0.15, 0.2) is 0 Å². The zero-order chi connectivity index (χ0) is 13.6. The summed E-state index contributed by atoms with van der Waals surface area (Å²) in [6, 6.07) is 0. The van der Waals surface area contributed by atoms with E-state index >= 15 is 0 Å². The minimum atomic E-state index is 1.34. The fourth-order valence-corrected chi connectivity index (χ4v) is 2.55. The first-order valence-corrected chi connectivity index (χ1v) is 8.43. The first kappa shape index (κ1) is 17.7. The molecule has 0 fully saturated rings. The molecule has 0 heterocycles. The van der Waals surface area contributed by atoms with Crippen molar-refractivity contribution in [2.24, 2.45) is 0 Å². The van der Waals surface area contributed by atoms with Crippen LogP contribution in [0.5, 0.6) is 0 Å². The van der Waals surface area contributed by atoms with Gasteiger partial charge in [0, 0.05) is 0 Å². The molecule has 0 aliphatic rings. The van der Waals surface area contributed by atoms with Crippen LogP contribution in [-0.4, -0.2) is 0 Å². The number of hydrogen-bond acceptors (Lipinski definition) is 0. The van der Waals surface area contributed by atoms with E-state index in [1.807, 2.05) is 0 Å². The van der Waals surface area contributed by atoms with E-state index in [9.17, 15) is 0 Å². The lowest BCUT2D eigenvalue weighted by Gasteiger charge is -2.12. The van der Waals surface area contributed by atoms with Gasteiger partial charge in [0.1, 0.15) is 0 Å². The number of hydrogen-bond donors (Lipinski definition) is 0. The molecular formula is C18H36. The Kier molecular flexibility index (Phi) is 13.0. The zero-order valence-electron chi connectivity index (χ0n) is 13.5. The Hall–Kier alpha value is -0.260. The topological polar surface area (TPSA) is 0 Å². The van der Waals surface area contributed by atoms with Crippen LogP contribution in [0.25, 0.3) is 0 Å². The molecule has 0 bridgehead atoms. The minimum Gasteiger partial charge on any atom is -0.0741 e. The first-order chi connectivity index (χ1) is 8.76. The van der Waals surface area contributed by atoms with Crippen LogP contribution in [0, 0.1) is 0 Å². The average Bonchev–Trinajstić information content (AvgIpc) is 2.37. The highest BCUT2D eigenvalue weighted by Gasteiger charge is 2.03. The second-order valence-electron chi connectivity index (χ2n) is 5.76. The van der Waals surface area contributed by atoms with E-state index in [1.165, 1.54) is 77.0 Å². The summed E-state index contributed by atoms with van der Waals surface area (Å²) in [5, 5.41) is 0. The normalized spacial score (nSPS) is 10.7. The van der Waals surface area contributed by atoms with E-state index in [0.29, 0.717) is 0 Å². The molecule has 0 atom stereocenters. The molecule has 0 N–H and O–H groups in total. The summed E-state index contributed by atoms with van der Waals surface area (Å²) in [7, 11) is 0. The molecule has 0 aliphatic heterocycles. The molecule has 0 rings (SSSR count). The van der Waals surface area contributed by atoms with Crippen molar-refractivity contribution in [3.8, 4) is 0 Å². The van der Waals surface area contributed by atoms with E-state index < -0.39 is 0 Å². The van der Waals surface area contributed by atoms with E-state index in [2.05, 4.69) is 27.7 Å². The van der Waals surface area contributed by atoms with Gasteiger partial charge < -0.3 is 0 Å². The molecule has 0 amide bonds. The standard InChI is InChI=1S/C18H36/c1-5-8-11-14-17(4)18(15-12-9-6-2)16-13-10-7-3/h5-16H2,1-4H3. The van der Waals surface area contributed by atoms with E-state index in [1.54, 1.807) is 11.1 Å². The molecule has 0 unspecified atom stereocenters. The van der Waals surface area contributed by atoms with Crippen LogP contribution in [0.3, 0.4) is 0 Å². The van der Waals surface area contributed by atoms with Crippen LogP contribution in [-0.2, 0) is 0 Å². The highest BCUT2D eigenvalue weighted by atomic mass is 14.1. The minimum absolute atomic E-state index is 1.34. The fraction of sp³-hybridized carbons (Fsp3) is 0.889. The van der Waals surface area contributed by atoms with Gasteiger partial charge in [0.2, 0.25) is 0 Å². The van der Waals surface area contributed by atoms with Crippen molar-refractivity contribution in [3.63, 3.8) is 0 Å². The van der Waals surface area contributed by atoms with Gasteiger partial charge >= 0.3 is 0 Å². The molecule has 0 saturated heterocycles. The summed E-state index contributed by atoms with van der Waals surface area (Å²) in [6.45, 7) is 9.29. The third kappa shape index (κ3) is 9.74. The van der Waals surface area contributed by atoms with Crippen LogP contribution in [0.4, 0.5) is 0 Å². The van der Waals surface area contributed by atoms with Crippen LogP contribution in [0.1, 0.15) is 105 Å². The summed E-state index contributed by atoms with van der Waals surface area (Å²) < 4.78 is 0. The Bertz CT molecular complexity index is 188. The molecule has 18 heavy (non-hydrogen) atoms. The fourth-order valence-electron chi connectivity index (χ4n) is 2.55. The molecule has 0 spiro atoms. The molecule has 0 saturated carbocycles. The molecular weight excluding hydrogens is 216 g/mol. The summed E-state index contributed by atoms with van der Waals surface area (Å²) in [6.07, 6.45) is 16.5. The SMILES string of the molecule is CCCCCC(C)=C(CCCCC)CCCCC. The predicted molar refractivity (Wildman–Crippen MR) is 85.1 cm³/mol. The predicted octanol–water partition coefficient (Wildman–Crippen LogP) is 7.04. The van der Waals surface area contributed by atoms with Crippen molar-refractivity contribution in [2.45, 2.75) is 105 Å². The van der Waals surface area contributed by atoms with Gasteiger partial charge in [-0.05, 0) is 45.4 Å². The van der Waals surface area contributed by atoms with Crippen molar-refractivity contribution in [1.82, 2.24) is 0 Å². The Morgan fingerprint density at radius 1 is 0.556 bits per heavy atom. The second-order valence-corrected chi connectivity index (χ2v) is 5.76. The first-order valence-electron chi connectivity index (χ1n) is 8.43. The summed E-state index contributed by atoms with van der Waals surface area (Å²) in [5.41, 5.74) is 3.52. The van der Waals surface area contributed by atoms with Crippen molar-refractivity contribution in [2.75, 3.05) is 0 Å². The molecule has 0 heteroatoms. The third-order valence-electron chi connectivity index (χ3n) is 3.92. The lowest BCUT2D eigenvalue weighted by molar-refractivity contribution is 0.641. The van der Waals surface area contributed by atoms with Gasteiger partial charge in [-0.1, -0.05) is 70.4 Å². The van der Waals surface area contributed by atoms with Crippen molar-refractivity contribution in [3.05, 3.63) is 11.1 Å². The van der Waals surface area contributed by atoms with Crippen molar-refractivity contribution < 1.29 is 0 Å². The van der Waals surface area contributed by atoms with Gasteiger partial charge in [-0.15, -0.1) is 0 Å². The van der Waals surface area contributed by atoms with E-state index in [4.69, 9.17) is 0 Å². The Labute approximate surface area is 116 Å². The van der Waals surface area contributed by atoms with Gasteiger partial charge in [-0.25, -0.2) is 0 Å². The Morgan fingerprint density at radius 3 is 1.33 bits per heavy atom. The largest absolute Gasteiger partial charge is 0.0741 e. The maximum absolute atomic E-state index is 2.39. The van der Waals surface area contributed by atoms with E-state index in [0.717, 1.165) is 0 Å². The van der Waals surface area contributed by atoms with E-state index in [-0.39, 0.29) is 0 Å². The highest BCUT2D eigenvalue weighted by Crippen LogP contribution is 2.23. The van der Waals surface area contributed by atoms with Crippen LogP contribution in [0.2, 0.25) is 0 Å². The second kappa shape index (κ2) is 13.2. The lowest BCUT2D eigenvalue weighted by Crippen LogP contribution is -1.92. The Morgan fingerprint density at radius 2 is 0.944 bits per heavy atom.